The molecule has 4 saturated carbocycles. The summed E-state index contributed by atoms with van der Waals surface area (Å²) in [6.07, 6.45) is 9.12. The molecule has 1 aromatic carbocycles. The van der Waals surface area contributed by atoms with E-state index in [1.807, 2.05) is 6.20 Å². The average molecular weight is 398 g/mol. The molecule has 2 aromatic heterocycles. The van der Waals surface area contributed by atoms with Crippen LogP contribution in [0.3, 0.4) is 0 Å². The fourth-order valence-electron chi connectivity index (χ4n) is 8.70. The first-order chi connectivity index (χ1) is 14.6. The molecule has 0 radical (unpaired) electrons. The monoisotopic (exact) mass is 397 g/mol. The highest BCUT2D eigenvalue weighted by atomic mass is 15.3. The normalized spacial score (nSPS) is 36.2. The summed E-state index contributed by atoms with van der Waals surface area (Å²) in [6, 6.07) is 14.0. The SMILES string of the molecule is Cc1ccccc1N1[C@@H](C)c2c(c3cccnc3n2C)C12C1CC3CC(C1)CC2C3. The van der Waals surface area contributed by atoms with E-state index < -0.39 is 0 Å². The van der Waals surface area contributed by atoms with Gasteiger partial charge in [0.2, 0.25) is 0 Å². The molecule has 3 heteroatoms. The summed E-state index contributed by atoms with van der Waals surface area (Å²) >= 11 is 0. The van der Waals surface area contributed by atoms with Gasteiger partial charge in [-0.05, 0) is 93.4 Å². The van der Waals surface area contributed by atoms with Crippen LogP contribution in [0.1, 0.15) is 61.9 Å². The summed E-state index contributed by atoms with van der Waals surface area (Å²) in [4.78, 5) is 7.73. The van der Waals surface area contributed by atoms with Gasteiger partial charge < -0.3 is 9.47 Å². The van der Waals surface area contributed by atoms with Gasteiger partial charge in [-0.25, -0.2) is 4.98 Å². The van der Waals surface area contributed by atoms with E-state index in [1.54, 1.807) is 5.56 Å². The first kappa shape index (κ1) is 17.4. The molecule has 1 spiro atoms. The number of hydrogen-bond acceptors (Lipinski definition) is 2. The minimum absolute atomic E-state index is 0.136. The van der Waals surface area contributed by atoms with Crippen LogP contribution in [0.4, 0.5) is 5.69 Å². The molecule has 4 bridgehead atoms. The topological polar surface area (TPSA) is 21.1 Å². The second-order valence-electron chi connectivity index (χ2n) is 10.7. The molecule has 8 rings (SSSR count). The standard InChI is InChI=1S/C27H31N3/c1-16-7-4-5-9-23(16)30-17(2)25-24(22-8-6-10-28-26(22)29(25)3)27(30)20-12-18-11-19(14-20)15-21(27)13-18/h4-10,17-21H,11-15H2,1-3H3/t17-,18?,19?,20?,21?,27?/m0/s1. The fraction of sp³-hybridized carbons (Fsp3) is 0.519. The van der Waals surface area contributed by atoms with Crippen molar-refractivity contribution in [1.29, 1.82) is 0 Å². The molecule has 4 fully saturated rings. The lowest BCUT2D eigenvalue weighted by Crippen LogP contribution is -2.62. The van der Waals surface area contributed by atoms with Crippen molar-refractivity contribution in [1.82, 2.24) is 9.55 Å². The lowest BCUT2D eigenvalue weighted by Gasteiger charge is -2.64. The van der Waals surface area contributed by atoms with Crippen LogP contribution >= 0.6 is 0 Å². The summed E-state index contributed by atoms with van der Waals surface area (Å²) in [6.45, 7) is 4.75. The third-order valence-electron chi connectivity index (χ3n) is 9.33. The predicted octanol–water partition coefficient (Wildman–Crippen LogP) is 6.11. The smallest absolute Gasteiger partial charge is 0.140 e. The Morgan fingerprint density at radius 1 is 0.933 bits per heavy atom. The van der Waals surface area contributed by atoms with Crippen molar-refractivity contribution >= 4 is 16.7 Å². The van der Waals surface area contributed by atoms with Gasteiger partial charge in [0, 0.05) is 35.6 Å². The van der Waals surface area contributed by atoms with Gasteiger partial charge >= 0.3 is 0 Å². The molecule has 3 heterocycles. The van der Waals surface area contributed by atoms with Gasteiger partial charge in [-0.1, -0.05) is 18.2 Å². The van der Waals surface area contributed by atoms with Gasteiger partial charge in [0.1, 0.15) is 5.65 Å². The van der Waals surface area contributed by atoms with Crippen LogP contribution in [0.5, 0.6) is 0 Å². The average Bonchev–Trinajstić information content (AvgIpc) is 3.18. The molecule has 1 atom stereocenters. The minimum Gasteiger partial charge on any atom is -0.353 e. The number of para-hydroxylation sites is 1. The Bertz CT molecular complexity index is 1140. The first-order valence-electron chi connectivity index (χ1n) is 11.9. The Labute approximate surface area is 179 Å². The lowest BCUT2D eigenvalue weighted by molar-refractivity contribution is -0.0596. The molecule has 4 aliphatic carbocycles. The number of hydrogen-bond donors (Lipinski definition) is 0. The van der Waals surface area contributed by atoms with Gasteiger partial charge in [0.05, 0.1) is 11.6 Å². The summed E-state index contributed by atoms with van der Waals surface area (Å²) in [7, 11) is 2.25. The molecule has 0 amide bonds. The highest BCUT2D eigenvalue weighted by Gasteiger charge is 2.65. The van der Waals surface area contributed by atoms with Gasteiger partial charge in [-0.15, -0.1) is 0 Å². The Hall–Kier alpha value is -2.29. The maximum absolute atomic E-state index is 4.83. The summed E-state index contributed by atoms with van der Waals surface area (Å²) in [5.41, 5.74) is 7.32. The maximum atomic E-state index is 4.83. The predicted molar refractivity (Wildman–Crippen MR) is 122 cm³/mol. The molecule has 0 saturated heterocycles. The minimum atomic E-state index is 0.136. The van der Waals surface area contributed by atoms with Crippen LogP contribution in [-0.4, -0.2) is 9.55 Å². The van der Waals surface area contributed by atoms with Crippen LogP contribution in [0.2, 0.25) is 0 Å². The third-order valence-corrected chi connectivity index (χ3v) is 9.33. The number of benzene rings is 1. The third kappa shape index (κ3) is 1.87. The summed E-state index contributed by atoms with van der Waals surface area (Å²) in [5, 5.41) is 1.41. The number of aromatic nitrogens is 2. The van der Waals surface area contributed by atoms with E-state index in [1.165, 1.54) is 60.1 Å². The van der Waals surface area contributed by atoms with E-state index in [2.05, 4.69) is 66.8 Å². The lowest BCUT2D eigenvalue weighted by atomic mass is 9.47. The zero-order valence-corrected chi connectivity index (χ0v) is 18.3. The number of fused-ring (bicyclic) bond motifs is 3. The Balaban J connectivity index is 1.58. The quantitative estimate of drug-likeness (QED) is 0.494. The van der Waals surface area contributed by atoms with Crippen LogP contribution < -0.4 is 4.90 Å². The summed E-state index contributed by atoms with van der Waals surface area (Å²) in [5.74, 6) is 3.46. The van der Waals surface area contributed by atoms with E-state index in [-0.39, 0.29) is 5.54 Å². The van der Waals surface area contributed by atoms with E-state index in [9.17, 15) is 0 Å². The molecule has 30 heavy (non-hydrogen) atoms. The number of rotatable bonds is 1. The molecule has 0 N–H and O–H groups in total. The second kappa shape index (κ2) is 5.69. The molecular formula is C27H31N3. The first-order valence-corrected chi connectivity index (χ1v) is 11.9. The van der Waals surface area contributed by atoms with Crippen molar-refractivity contribution < 1.29 is 0 Å². The van der Waals surface area contributed by atoms with Crippen molar-refractivity contribution in [2.75, 3.05) is 4.90 Å². The maximum Gasteiger partial charge on any atom is 0.140 e. The van der Waals surface area contributed by atoms with Crippen molar-refractivity contribution in [3.8, 4) is 0 Å². The van der Waals surface area contributed by atoms with Gasteiger partial charge in [0.25, 0.3) is 0 Å². The Morgan fingerprint density at radius 3 is 2.33 bits per heavy atom. The van der Waals surface area contributed by atoms with Crippen LogP contribution in [-0.2, 0) is 12.6 Å². The summed E-state index contributed by atoms with van der Waals surface area (Å²) < 4.78 is 2.42. The molecule has 0 unspecified atom stereocenters. The zero-order valence-electron chi connectivity index (χ0n) is 18.3. The van der Waals surface area contributed by atoms with E-state index >= 15 is 0 Å². The van der Waals surface area contributed by atoms with Crippen LogP contribution in [0.15, 0.2) is 42.6 Å². The number of aryl methyl sites for hydroxylation is 2. The van der Waals surface area contributed by atoms with E-state index in [4.69, 9.17) is 4.98 Å². The van der Waals surface area contributed by atoms with Gasteiger partial charge in [0.15, 0.2) is 0 Å². The molecule has 154 valence electrons. The molecule has 3 aromatic rings. The largest absolute Gasteiger partial charge is 0.353 e. The fourth-order valence-corrected chi connectivity index (χ4v) is 8.70. The van der Waals surface area contributed by atoms with E-state index in [0.717, 1.165) is 23.7 Å². The Kier molecular flexibility index (Phi) is 3.30. The molecular weight excluding hydrogens is 366 g/mol. The number of anilines is 1. The van der Waals surface area contributed by atoms with Crippen LogP contribution in [0, 0.1) is 30.6 Å². The number of nitrogens with zero attached hydrogens (tertiary/aromatic N) is 3. The van der Waals surface area contributed by atoms with Crippen molar-refractivity contribution in [2.24, 2.45) is 30.7 Å². The molecule has 1 aliphatic heterocycles. The molecule has 5 aliphatic rings. The van der Waals surface area contributed by atoms with Gasteiger partial charge in [-0.3, -0.25) is 0 Å². The number of pyridine rings is 1. The molecule has 3 nitrogen and oxygen atoms in total. The van der Waals surface area contributed by atoms with Crippen LogP contribution in [0.25, 0.3) is 11.0 Å². The Morgan fingerprint density at radius 2 is 1.63 bits per heavy atom. The van der Waals surface area contributed by atoms with Gasteiger partial charge in [-0.2, -0.15) is 0 Å². The highest BCUT2D eigenvalue weighted by Crippen LogP contribution is 2.69. The van der Waals surface area contributed by atoms with Crippen molar-refractivity contribution in [2.45, 2.75) is 57.5 Å². The second-order valence-corrected chi connectivity index (χ2v) is 10.7. The van der Waals surface area contributed by atoms with Crippen molar-refractivity contribution in [3.63, 3.8) is 0 Å². The highest BCUT2D eigenvalue weighted by molar-refractivity contribution is 5.87. The van der Waals surface area contributed by atoms with Crippen molar-refractivity contribution in [3.05, 3.63) is 59.4 Å². The van der Waals surface area contributed by atoms with E-state index in [0.29, 0.717) is 6.04 Å². The zero-order chi connectivity index (χ0) is 20.2.